The van der Waals surface area contributed by atoms with Gasteiger partial charge in [0.1, 0.15) is 29.4 Å². The lowest BCUT2D eigenvalue weighted by atomic mass is 9.95. The minimum Gasteiger partial charge on any atom is -0.480 e. The summed E-state index contributed by atoms with van der Waals surface area (Å²) in [5, 5.41) is 27.7. The van der Waals surface area contributed by atoms with Crippen LogP contribution in [0, 0.1) is 34.0 Å². The maximum atomic E-state index is 11.9. The van der Waals surface area contributed by atoms with Crippen LogP contribution in [-0.4, -0.2) is 11.5 Å². The number of rotatable bonds is 5. The molecule has 1 amide bonds. The zero-order valence-corrected chi connectivity index (χ0v) is 17.0. The molecule has 148 valence electrons. The van der Waals surface area contributed by atoms with E-state index in [0.717, 1.165) is 5.69 Å². The maximum Gasteiger partial charge on any atom is 0.227 e. The van der Waals surface area contributed by atoms with E-state index in [1.807, 2.05) is 36.4 Å². The largest absolute Gasteiger partial charge is 0.480 e. The first-order valence-corrected chi connectivity index (χ1v) is 9.10. The van der Waals surface area contributed by atoms with Gasteiger partial charge in [-0.15, -0.1) is 0 Å². The Labute approximate surface area is 176 Å². The predicted molar refractivity (Wildman–Crippen MR) is 113 cm³/mol. The number of benzene rings is 1. The topological polar surface area (TPSA) is 101 Å². The first kappa shape index (κ1) is 22.0. The van der Waals surface area contributed by atoms with Gasteiger partial charge in [0.25, 0.3) is 0 Å². The molecule has 1 aliphatic heterocycles. The Balaban J connectivity index is 2.23. The van der Waals surface area contributed by atoms with Gasteiger partial charge in [0, 0.05) is 24.4 Å². The van der Waals surface area contributed by atoms with Gasteiger partial charge in [-0.3, -0.25) is 9.69 Å². The molecular formula is C24H20N4O2. The zero-order valence-electron chi connectivity index (χ0n) is 17.0. The summed E-state index contributed by atoms with van der Waals surface area (Å²) in [5.74, 6) is -0.101. The SMILES string of the molecule is CC(=O)N(/C=C/C=C/C=C/C1=C(C#N)C(=C(C#N)C#N)OC1(C)C)c1ccccc1. The monoisotopic (exact) mass is 396 g/mol. The van der Waals surface area contributed by atoms with Crippen LogP contribution in [0.25, 0.3) is 0 Å². The molecule has 6 heteroatoms. The van der Waals surface area contributed by atoms with Gasteiger partial charge in [-0.2, -0.15) is 15.8 Å². The summed E-state index contributed by atoms with van der Waals surface area (Å²) >= 11 is 0. The molecule has 0 saturated carbocycles. The van der Waals surface area contributed by atoms with E-state index < -0.39 is 5.60 Å². The molecule has 0 bridgehead atoms. The Kier molecular flexibility index (Phi) is 7.12. The second-order valence-corrected chi connectivity index (χ2v) is 6.75. The summed E-state index contributed by atoms with van der Waals surface area (Å²) in [6, 6.07) is 14.8. The predicted octanol–water partition coefficient (Wildman–Crippen LogP) is 4.60. The van der Waals surface area contributed by atoms with E-state index in [2.05, 4.69) is 0 Å². The van der Waals surface area contributed by atoms with Gasteiger partial charge in [-0.1, -0.05) is 42.5 Å². The molecule has 0 aromatic heterocycles. The van der Waals surface area contributed by atoms with E-state index in [9.17, 15) is 10.1 Å². The minimum atomic E-state index is -0.849. The van der Waals surface area contributed by atoms with Crippen LogP contribution < -0.4 is 4.90 Å². The van der Waals surface area contributed by atoms with Crippen molar-refractivity contribution in [3.63, 3.8) is 0 Å². The summed E-state index contributed by atoms with van der Waals surface area (Å²) in [7, 11) is 0. The number of hydrogen-bond acceptors (Lipinski definition) is 5. The lowest BCUT2D eigenvalue weighted by molar-refractivity contribution is -0.116. The Bertz CT molecular complexity index is 1080. The van der Waals surface area contributed by atoms with Crippen LogP contribution in [0.4, 0.5) is 5.69 Å². The number of amides is 1. The highest BCUT2D eigenvalue weighted by molar-refractivity contribution is 5.93. The number of nitrogens with zero attached hydrogens (tertiary/aromatic N) is 4. The second-order valence-electron chi connectivity index (χ2n) is 6.75. The molecule has 0 aliphatic carbocycles. The summed E-state index contributed by atoms with van der Waals surface area (Å²) in [5.41, 5.74) is 0.435. The highest BCUT2D eigenvalue weighted by atomic mass is 16.5. The standard InChI is InChI=1S/C24H20N4O2/c1-18(29)28(20-11-7-6-8-12-20)14-10-5-4-9-13-22-21(17-27)23(19(15-25)16-26)30-24(22,2)3/h4-14H,1-3H3/b5-4+,13-9+,14-10+. The Morgan fingerprint density at radius 3 is 2.23 bits per heavy atom. The molecule has 1 aliphatic rings. The van der Waals surface area contributed by atoms with Crippen molar-refractivity contribution >= 4 is 11.6 Å². The fraction of sp³-hybridized carbons (Fsp3) is 0.167. The summed E-state index contributed by atoms with van der Waals surface area (Å²) < 4.78 is 5.70. The van der Waals surface area contributed by atoms with Crippen molar-refractivity contribution in [2.45, 2.75) is 26.4 Å². The maximum absolute atomic E-state index is 11.9. The second kappa shape index (κ2) is 9.73. The van der Waals surface area contributed by atoms with E-state index in [1.165, 1.54) is 11.8 Å². The van der Waals surface area contributed by atoms with Gasteiger partial charge in [0.05, 0.1) is 0 Å². The lowest BCUT2D eigenvalue weighted by Crippen LogP contribution is -2.21. The number of nitriles is 3. The van der Waals surface area contributed by atoms with Crippen molar-refractivity contribution in [2.24, 2.45) is 0 Å². The van der Waals surface area contributed by atoms with Gasteiger partial charge in [0.15, 0.2) is 11.3 Å². The first-order valence-electron chi connectivity index (χ1n) is 9.10. The van der Waals surface area contributed by atoms with Gasteiger partial charge >= 0.3 is 0 Å². The van der Waals surface area contributed by atoms with Crippen molar-refractivity contribution < 1.29 is 9.53 Å². The Hall–Kier alpha value is -4.34. The van der Waals surface area contributed by atoms with Crippen LogP contribution in [0.2, 0.25) is 0 Å². The molecule has 0 spiro atoms. The lowest BCUT2D eigenvalue weighted by Gasteiger charge is -2.20. The number of carbonyl (C=O) groups is 1. The Morgan fingerprint density at radius 1 is 1.03 bits per heavy atom. The molecule has 0 atom stereocenters. The van der Waals surface area contributed by atoms with Crippen LogP contribution in [0.3, 0.4) is 0 Å². The molecule has 30 heavy (non-hydrogen) atoms. The third-order valence-corrected chi connectivity index (χ3v) is 4.27. The van der Waals surface area contributed by atoms with Crippen molar-refractivity contribution in [1.29, 1.82) is 15.8 Å². The first-order chi connectivity index (χ1) is 14.4. The molecule has 1 aromatic carbocycles. The van der Waals surface area contributed by atoms with Gasteiger partial charge in [-0.25, -0.2) is 0 Å². The number of hydrogen-bond donors (Lipinski definition) is 0. The molecule has 2 rings (SSSR count). The van der Waals surface area contributed by atoms with E-state index in [-0.39, 0.29) is 22.8 Å². The molecule has 6 nitrogen and oxygen atoms in total. The summed E-state index contributed by atoms with van der Waals surface area (Å²) in [6.07, 6.45) is 10.3. The van der Waals surface area contributed by atoms with Crippen LogP contribution in [-0.2, 0) is 9.53 Å². The molecule has 1 heterocycles. The van der Waals surface area contributed by atoms with Crippen LogP contribution in [0.15, 0.2) is 89.4 Å². The van der Waals surface area contributed by atoms with Crippen molar-refractivity contribution in [1.82, 2.24) is 0 Å². The van der Waals surface area contributed by atoms with E-state index >= 15 is 0 Å². The molecular weight excluding hydrogens is 376 g/mol. The normalized spacial score (nSPS) is 15.1. The number of ether oxygens (including phenoxy) is 1. The number of carbonyl (C=O) groups excluding carboxylic acids is 1. The zero-order chi connectivity index (χ0) is 22.1. The number of anilines is 1. The average molecular weight is 396 g/mol. The highest BCUT2D eigenvalue weighted by Crippen LogP contribution is 2.40. The van der Waals surface area contributed by atoms with Crippen LogP contribution >= 0.6 is 0 Å². The van der Waals surface area contributed by atoms with Crippen molar-refractivity contribution in [2.75, 3.05) is 4.90 Å². The Morgan fingerprint density at radius 2 is 1.67 bits per heavy atom. The van der Waals surface area contributed by atoms with E-state index in [0.29, 0.717) is 5.57 Å². The van der Waals surface area contributed by atoms with Gasteiger partial charge < -0.3 is 4.74 Å². The number of para-hydroxylation sites is 1. The van der Waals surface area contributed by atoms with Crippen LogP contribution in [0.1, 0.15) is 20.8 Å². The summed E-state index contributed by atoms with van der Waals surface area (Å²) in [4.78, 5) is 13.4. The molecule has 1 aromatic rings. The molecule has 0 saturated heterocycles. The summed E-state index contributed by atoms with van der Waals surface area (Å²) in [6.45, 7) is 5.01. The minimum absolute atomic E-state index is 0.0102. The fourth-order valence-corrected chi connectivity index (χ4v) is 2.86. The van der Waals surface area contributed by atoms with Gasteiger partial charge in [-0.05, 0) is 32.1 Å². The van der Waals surface area contributed by atoms with Crippen molar-refractivity contribution in [3.05, 3.63) is 89.4 Å². The molecule has 0 N–H and O–H groups in total. The van der Waals surface area contributed by atoms with Gasteiger partial charge in [0.2, 0.25) is 5.91 Å². The third kappa shape index (κ3) is 4.93. The fourth-order valence-electron chi connectivity index (χ4n) is 2.86. The number of allylic oxidation sites excluding steroid dienone is 6. The highest BCUT2D eigenvalue weighted by Gasteiger charge is 2.38. The van der Waals surface area contributed by atoms with E-state index in [1.54, 1.807) is 62.6 Å². The van der Waals surface area contributed by atoms with Crippen molar-refractivity contribution in [3.8, 4) is 18.2 Å². The van der Waals surface area contributed by atoms with Crippen LogP contribution in [0.5, 0.6) is 0 Å². The van der Waals surface area contributed by atoms with E-state index in [4.69, 9.17) is 15.3 Å². The smallest absolute Gasteiger partial charge is 0.227 e. The quantitative estimate of drug-likeness (QED) is 0.535. The molecule has 0 fully saturated rings. The average Bonchev–Trinajstić information content (AvgIpc) is 2.98. The molecule has 0 unspecified atom stereocenters. The molecule has 0 radical (unpaired) electrons. The third-order valence-electron chi connectivity index (χ3n) is 4.27.